The summed E-state index contributed by atoms with van der Waals surface area (Å²) >= 11 is 0. The second-order valence-electron chi connectivity index (χ2n) is 7.99. The molecule has 1 aliphatic heterocycles. The summed E-state index contributed by atoms with van der Waals surface area (Å²) in [6.45, 7) is 14.4. The average Bonchev–Trinajstić information content (AvgIpc) is 3.05. The number of hydrogen-bond acceptors (Lipinski definition) is 5. The van der Waals surface area contributed by atoms with Gasteiger partial charge in [-0.05, 0) is 46.8 Å². The van der Waals surface area contributed by atoms with Gasteiger partial charge in [0, 0.05) is 31.7 Å². The molecule has 1 atom stereocenters. The lowest BCUT2D eigenvalue weighted by molar-refractivity contribution is -0.121. The molecule has 1 saturated heterocycles. The normalized spacial score (nSPS) is 17.2. The van der Waals surface area contributed by atoms with E-state index in [-0.39, 0.29) is 24.0 Å². The van der Waals surface area contributed by atoms with Gasteiger partial charge in [-0.2, -0.15) is 0 Å². The van der Waals surface area contributed by atoms with Crippen molar-refractivity contribution in [3.8, 4) is 0 Å². The molecule has 1 aromatic rings. The van der Waals surface area contributed by atoms with Crippen molar-refractivity contribution in [1.82, 2.24) is 20.9 Å². The molecule has 0 aliphatic carbocycles. The van der Waals surface area contributed by atoms with Crippen molar-refractivity contribution >= 4 is 11.9 Å². The molecule has 0 aromatic carbocycles. The van der Waals surface area contributed by atoms with Crippen molar-refractivity contribution in [2.75, 3.05) is 45.9 Å². The molecule has 2 rings (SSSR count). The highest BCUT2D eigenvalue weighted by Gasteiger charge is 2.25. The van der Waals surface area contributed by atoms with Crippen LogP contribution >= 0.6 is 0 Å². The van der Waals surface area contributed by atoms with Gasteiger partial charge in [-0.3, -0.25) is 9.69 Å². The first-order chi connectivity index (χ1) is 13.3. The van der Waals surface area contributed by atoms with E-state index in [4.69, 9.17) is 9.15 Å². The lowest BCUT2D eigenvalue weighted by Crippen LogP contribution is -2.47. The van der Waals surface area contributed by atoms with Gasteiger partial charge in [0.15, 0.2) is 5.96 Å². The molecule has 0 radical (unpaired) electrons. The summed E-state index contributed by atoms with van der Waals surface area (Å²) in [5.74, 6) is 2.34. The Hall–Kier alpha value is -2.06. The first-order valence-electron chi connectivity index (χ1n) is 10.00. The van der Waals surface area contributed by atoms with Crippen LogP contribution in [0.5, 0.6) is 0 Å². The molecule has 0 saturated carbocycles. The Morgan fingerprint density at radius 2 is 1.96 bits per heavy atom. The standard InChI is InChI=1S/C20H35N5O3/c1-6-21-19(23-14-18(26)24-20(3,4)5)22-13-16(17-8-7-15(2)28-17)25-9-11-27-12-10-25/h7-8,16H,6,9-14H2,1-5H3,(H,24,26)(H2,21,22,23). The quantitative estimate of drug-likeness (QED) is 0.480. The molecule has 2 heterocycles. The Bertz CT molecular complexity index is 645. The minimum absolute atomic E-state index is 0.0739. The van der Waals surface area contributed by atoms with Crippen LogP contribution in [-0.2, 0) is 9.53 Å². The molecule has 1 amide bonds. The van der Waals surface area contributed by atoms with E-state index in [1.807, 2.05) is 46.8 Å². The minimum atomic E-state index is -0.267. The fourth-order valence-corrected chi connectivity index (χ4v) is 3.08. The van der Waals surface area contributed by atoms with Gasteiger partial charge in [0.25, 0.3) is 0 Å². The predicted octanol–water partition coefficient (Wildman–Crippen LogP) is 1.43. The SMILES string of the molecule is CCNC(=NCC(=O)NC(C)(C)C)NCC(c1ccc(C)o1)N1CCOCC1. The third-order valence-electron chi connectivity index (χ3n) is 4.28. The molecule has 0 bridgehead atoms. The van der Waals surface area contributed by atoms with Gasteiger partial charge in [0.1, 0.15) is 18.1 Å². The van der Waals surface area contributed by atoms with E-state index in [9.17, 15) is 4.79 Å². The van der Waals surface area contributed by atoms with Crippen LogP contribution in [0.2, 0.25) is 0 Å². The average molecular weight is 394 g/mol. The highest BCUT2D eigenvalue weighted by molar-refractivity contribution is 5.85. The maximum Gasteiger partial charge on any atom is 0.242 e. The highest BCUT2D eigenvalue weighted by Crippen LogP contribution is 2.23. The molecule has 28 heavy (non-hydrogen) atoms. The number of carbonyl (C=O) groups excluding carboxylic acids is 1. The maximum absolute atomic E-state index is 12.1. The minimum Gasteiger partial charge on any atom is -0.465 e. The van der Waals surface area contributed by atoms with Crippen LogP contribution < -0.4 is 16.0 Å². The van der Waals surface area contributed by atoms with E-state index in [1.165, 1.54) is 0 Å². The zero-order chi connectivity index (χ0) is 20.6. The van der Waals surface area contributed by atoms with Crippen LogP contribution in [0.3, 0.4) is 0 Å². The van der Waals surface area contributed by atoms with E-state index < -0.39 is 0 Å². The first-order valence-corrected chi connectivity index (χ1v) is 10.00. The molecule has 1 aliphatic rings. The third kappa shape index (κ3) is 7.52. The number of nitrogens with zero attached hydrogens (tertiary/aromatic N) is 2. The molecule has 1 fully saturated rings. The third-order valence-corrected chi connectivity index (χ3v) is 4.28. The molecular formula is C20H35N5O3. The number of nitrogens with one attached hydrogen (secondary N) is 3. The van der Waals surface area contributed by atoms with Crippen molar-refractivity contribution < 1.29 is 13.9 Å². The van der Waals surface area contributed by atoms with Gasteiger partial charge in [0.2, 0.25) is 5.91 Å². The predicted molar refractivity (Wildman–Crippen MR) is 110 cm³/mol. The fourth-order valence-electron chi connectivity index (χ4n) is 3.08. The van der Waals surface area contributed by atoms with Crippen LogP contribution in [0.15, 0.2) is 21.5 Å². The van der Waals surface area contributed by atoms with Crippen molar-refractivity contribution in [3.05, 3.63) is 23.7 Å². The Labute approximate surface area is 168 Å². The lowest BCUT2D eigenvalue weighted by Gasteiger charge is -2.33. The van der Waals surface area contributed by atoms with Crippen LogP contribution in [0.1, 0.15) is 45.3 Å². The Kier molecular flexibility index (Phi) is 8.32. The summed E-state index contributed by atoms with van der Waals surface area (Å²) in [5, 5.41) is 9.48. The number of furan rings is 1. The Balaban J connectivity index is 2.02. The number of amides is 1. The molecule has 3 N–H and O–H groups in total. The fraction of sp³-hybridized carbons (Fsp3) is 0.700. The Morgan fingerprint density at radius 3 is 2.54 bits per heavy atom. The number of morpholine rings is 1. The monoisotopic (exact) mass is 393 g/mol. The van der Waals surface area contributed by atoms with Gasteiger partial charge < -0.3 is 25.1 Å². The van der Waals surface area contributed by atoms with E-state index in [1.54, 1.807) is 0 Å². The number of rotatable bonds is 7. The van der Waals surface area contributed by atoms with Crippen LogP contribution in [-0.4, -0.2) is 68.2 Å². The first kappa shape index (κ1) is 22.2. The lowest BCUT2D eigenvalue weighted by atomic mass is 10.1. The molecule has 158 valence electrons. The number of aryl methyl sites for hydroxylation is 1. The van der Waals surface area contributed by atoms with Gasteiger partial charge in [0.05, 0.1) is 19.3 Å². The number of hydrogen-bond donors (Lipinski definition) is 3. The summed E-state index contributed by atoms with van der Waals surface area (Å²) in [6.07, 6.45) is 0. The van der Waals surface area contributed by atoms with Gasteiger partial charge in [-0.15, -0.1) is 0 Å². The highest BCUT2D eigenvalue weighted by atomic mass is 16.5. The smallest absolute Gasteiger partial charge is 0.242 e. The molecule has 8 heteroatoms. The largest absolute Gasteiger partial charge is 0.465 e. The van der Waals surface area contributed by atoms with E-state index in [2.05, 4.69) is 25.8 Å². The Morgan fingerprint density at radius 1 is 1.25 bits per heavy atom. The van der Waals surface area contributed by atoms with E-state index >= 15 is 0 Å². The van der Waals surface area contributed by atoms with Gasteiger partial charge in [-0.1, -0.05) is 0 Å². The summed E-state index contributed by atoms with van der Waals surface area (Å²) in [7, 11) is 0. The number of carbonyl (C=O) groups is 1. The maximum atomic E-state index is 12.1. The summed E-state index contributed by atoms with van der Waals surface area (Å²) in [5.41, 5.74) is -0.267. The van der Waals surface area contributed by atoms with Crippen molar-refractivity contribution in [2.45, 2.75) is 46.2 Å². The summed E-state index contributed by atoms with van der Waals surface area (Å²) in [4.78, 5) is 18.8. The summed E-state index contributed by atoms with van der Waals surface area (Å²) in [6, 6.07) is 4.08. The molecule has 1 unspecified atom stereocenters. The summed E-state index contributed by atoms with van der Waals surface area (Å²) < 4.78 is 11.4. The second-order valence-corrected chi connectivity index (χ2v) is 7.99. The molecule has 1 aromatic heterocycles. The van der Waals surface area contributed by atoms with Crippen molar-refractivity contribution in [3.63, 3.8) is 0 Å². The van der Waals surface area contributed by atoms with Crippen LogP contribution in [0, 0.1) is 6.92 Å². The van der Waals surface area contributed by atoms with Crippen LogP contribution in [0.25, 0.3) is 0 Å². The van der Waals surface area contributed by atoms with Gasteiger partial charge >= 0.3 is 0 Å². The zero-order valence-electron chi connectivity index (χ0n) is 17.8. The van der Waals surface area contributed by atoms with Crippen molar-refractivity contribution in [1.29, 1.82) is 0 Å². The molecule has 0 spiro atoms. The molecular weight excluding hydrogens is 358 g/mol. The van der Waals surface area contributed by atoms with Crippen molar-refractivity contribution in [2.24, 2.45) is 4.99 Å². The van der Waals surface area contributed by atoms with Gasteiger partial charge in [-0.25, -0.2) is 4.99 Å². The second kappa shape index (κ2) is 10.5. The topological polar surface area (TPSA) is 91.1 Å². The zero-order valence-corrected chi connectivity index (χ0v) is 17.8. The van der Waals surface area contributed by atoms with Crippen LogP contribution in [0.4, 0.5) is 0 Å². The number of ether oxygens (including phenoxy) is 1. The number of guanidine groups is 1. The number of aliphatic imine (C=N–C) groups is 1. The molecule has 8 nitrogen and oxygen atoms in total. The van der Waals surface area contributed by atoms with E-state index in [0.717, 1.165) is 44.4 Å². The van der Waals surface area contributed by atoms with E-state index in [0.29, 0.717) is 12.5 Å².